The van der Waals surface area contributed by atoms with E-state index >= 15 is 0 Å². The number of carbonyl (C=O) groups is 2. The monoisotopic (exact) mass is 482 g/mol. The Morgan fingerprint density at radius 3 is 2.39 bits per heavy atom. The van der Waals surface area contributed by atoms with Crippen molar-refractivity contribution < 1.29 is 19.1 Å². The maximum absolute atomic E-state index is 13.5. The van der Waals surface area contributed by atoms with Crippen LogP contribution in [-0.4, -0.2) is 23.6 Å². The lowest BCUT2D eigenvalue weighted by atomic mass is 9.96. The Balaban J connectivity index is 1.87. The van der Waals surface area contributed by atoms with Crippen LogP contribution in [0.1, 0.15) is 31.0 Å². The van der Waals surface area contributed by atoms with Gasteiger partial charge in [-0.05, 0) is 48.4 Å². The van der Waals surface area contributed by atoms with E-state index in [-0.39, 0.29) is 5.56 Å². The number of ether oxygens (including phenoxy) is 2. The molecule has 2 aromatic carbocycles. The number of benzene rings is 2. The molecule has 1 unspecified atom stereocenters. The van der Waals surface area contributed by atoms with E-state index < -0.39 is 18.0 Å². The molecule has 4 rings (SSSR count). The van der Waals surface area contributed by atoms with Gasteiger partial charge in [0.2, 0.25) is 0 Å². The van der Waals surface area contributed by atoms with Gasteiger partial charge in [0.25, 0.3) is 5.56 Å². The van der Waals surface area contributed by atoms with Gasteiger partial charge in [0.15, 0.2) is 4.80 Å². The molecule has 0 saturated carbocycles. The summed E-state index contributed by atoms with van der Waals surface area (Å²) in [6.07, 6.45) is 1.73. The van der Waals surface area contributed by atoms with Crippen molar-refractivity contribution in [1.29, 1.82) is 0 Å². The number of rotatable bonds is 4. The third kappa shape index (κ3) is 4.53. The Bertz CT molecular complexity index is 1450. The molecule has 7 nitrogen and oxygen atoms in total. The molecule has 1 aliphatic rings. The summed E-state index contributed by atoms with van der Waals surface area (Å²) >= 11 is 7.28. The number of hydrogen-bond acceptors (Lipinski definition) is 7. The van der Waals surface area contributed by atoms with Gasteiger partial charge >= 0.3 is 11.9 Å². The minimum absolute atomic E-state index is 0.281. The van der Waals surface area contributed by atoms with Gasteiger partial charge < -0.3 is 9.47 Å². The Labute approximate surface area is 197 Å². The van der Waals surface area contributed by atoms with Crippen LogP contribution in [0.5, 0.6) is 5.75 Å². The number of hydrogen-bond donors (Lipinski definition) is 0. The second-order valence-corrected chi connectivity index (χ2v) is 8.73. The third-order valence-corrected chi connectivity index (χ3v) is 6.29. The summed E-state index contributed by atoms with van der Waals surface area (Å²) in [6, 6.07) is 13.1. The molecule has 1 aliphatic heterocycles. The molecule has 0 radical (unpaired) electrons. The molecule has 0 amide bonds. The van der Waals surface area contributed by atoms with E-state index in [1.807, 2.05) is 0 Å². The van der Waals surface area contributed by atoms with Crippen LogP contribution in [0, 0.1) is 0 Å². The first-order valence-corrected chi connectivity index (χ1v) is 11.1. The predicted octanol–water partition coefficient (Wildman–Crippen LogP) is 2.99. The molecule has 3 aromatic rings. The Morgan fingerprint density at radius 1 is 1.12 bits per heavy atom. The van der Waals surface area contributed by atoms with Crippen LogP contribution in [0.25, 0.3) is 6.08 Å². The standard InChI is InChI=1S/C24H19ClN2O5S/c1-13-20(23(30)31-3)21(16-6-8-17(25)9-7-16)27-22(29)19(33-24(27)26-13)12-15-4-10-18(11-5-15)32-14(2)28/h4-12,21H,1-3H3. The van der Waals surface area contributed by atoms with Crippen LogP contribution in [0.4, 0.5) is 0 Å². The maximum Gasteiger partial charge on any atom is 0.338 e. The summed E-state index contributed by atoms with van der Waals surface area (Å²) in [5.74, 6) is -0.538. The van der Waals surface area contributed by atoms with Crippen molar-refractivity contribution in [2.45, 2.75) is 19.9 Å². The van der Waals surface area contributed by atoms with Gasteiger partial charge in [0, 0.05) is 11.9 Å². The molecule has 1 aromatic heterocycles. The van der Waals surface area contributed by atoms with Gasteiger partial charge in [-0.3, -0.25) is 14.2 Å². The van der Waals surface area contributed by atoms with E-state index in [1.54, 1.807) is 61.5 Å². The Hall–Kier alpha value is -3.49. The number of aromatic nitrogens is 1. The molecule has 2 heterocycles. The van der Waals surface area contributed by atoms with Crippen LogP contribution in [0.2, 0.25) is 5.02 Å². The van der Waals surface area contributed by atoms with Gasteiger partial charge in [0.05, 0.1) is 29.0 Å². The average molecular weight is 483 g/mol. The maximum atomic E-state index is 13.5. The first-order valence-electron chi connectivity index (χ1n) is 9.93. The van der Waals surface area contributed by atoms with Crippen molar-refractivity contribution in [3.8, 4) is 5.75 Å². The molecule has 0 bridgehead atoms. The lowest BCUT2D eigenvalue weighted by molar-refractivity contribution is -0.136. The summed E-state index contributed by atoms with van der Waals surface area (Å²) in [6.45, 7) is 3.05. The second-order valence-electron chi connectivity index (χ2n) is 7.29. The fraction of sp³-hybridized carbons (Fsp3) is 0.167. The zero-order chi connectivity index (χ0) is 23.7. The summed E-state index contributed by atoms with van der Waals surface area (Å²) < 4.78 is 12.0. The highest BCUT2D eigenvalue weighted by Crippen LogP contribution is 2.31. The van der Waals surface area contributed by atoms with Crippen LogP contribution in [0.15, 0.2) is 69.6 Å². The molecule has 0 saturated heterocycles. The topological polar surface area (TPSA) is 87.0 Å². The lowest BCUT2D eigenvalue weighted by Gasteiger charge is -2.24. The van der Waals surface area contributed by atoms with E-state index in [0.29, 0.717) is 36.9 Å². The van der Waals surface area contributed by atoms with Crippen LogP contribution < -0.4 is 19.6 Å². The first-order chi connectivity index (χ1) is 15.8. The van der Waals surface area contributed by atoms with Crippen LogP contribution >= 0.6 is 22.9 Å². The minimum Gasteiger partial charge on any atom is -0.466 e. The fourth-order valence-corrected chi connectivity index (χ4v) is 4.78. The molecular weight excluding hydrogens is 464 g/mol. The second kappa shape index (κ2) is 9.17. The molecule has 9 heteroatoms. The number of fused-ring (bicyclic) bond motifs is 1. The number of carbonyl (C=O) groups excluding carboxylic acids is 2. The molecule has 33 heavy (non-hydrogen) atoms. The van der Waals surface area contributed by atoms with Crippen LogP contribution in [0.3, 0.4) is 0 Å². The third-order valence-electron chi connectivity index (χ3n) is 5.05. The quantitative estimate of drug-likeness (QED) is 0.421. The van der Waals surface area contributed by atoms with Crippen molar-refractivity contribution in [2.24, 2.45) is 4.99 Å². The highest BCUT2D eigenvalue weighted by Gasteiger charge is 2.33. The van der Waals surface area contributed by atoms with Crippen molar-refractivity contribution in [3.63, 3.8) is 0 Å². The summed E-state index contributed by atoms with van der Waals surface area (Å²) in [5.41, 5.74) is 1.97. The highest BCUT2D eigenvalue weighted by molar-refractivity contribution is 7.07. The number of nitrogens with zero attached hydrogens (tertiary/aromatic N) is 2. The fourth-order valence-electron chi connectivity index (χ4n) is 3.60. The molecule has 168 valence electrons. The number of methoxy groups -OCH3 is 1. The molecule has 0 spiro atoms. The van der Waals surface area contributed by atoms with Crippen molar-refractivity contribution in [3.05, 3.63) is 95.6 Å². The largest absolute Gasteiger partial charge is 0.466 e. The zero-order valence-electron chi connectivity index (χ0n) is 18.0. The van der Waals surface area contributed by atoms with Gasteiger partial charge in [0.1, 0.15) is 5.75 Å². The SMILES string of the molecule is COC(=O)C1=C(C)N=c2sc(=Cc3ccc(OC(C)=O)cc3)c(=O)n2C1c1ccc(Cl)cc1. The highest BCUT2D eigenvalue weighted by atomic mass is 35.5. The summed E-state index contributed by atoms with van der Waals surface area (Å²) in [7, 11) is 1.30. The number of thiazole rings is 1. The Morgan fingerprint density at radius 2 is 1.79 bits per heavy atom. The van der Waals surface area contributed by atoms with E-state index in [2.05, 4.69) is 4.99 Å². The van der Waals surface area contributed by atoms with Gasteiger partial charge in [-0.1, -0.05) is 47.2 Å². The molecular formula is C24H19ClN2O5S. The first kappa shape index (κ1) is 22.7. The number of halogens is 1. The Kier molecular flexibility index (Phi) is 6.31. The predicted molar refractivity (Wildman–Crippen MR) is 125 cm³/mol. The smallest absolute Gasteiger partial charge is 0.338 e. The van der Waals surface area contributed by atoms with Crippen LogP contribution in [-0.2, 0) is 14.3 Å². The zero-order valence-corrected chi connectivity index (χ0v) is 19.6. The van der Waals surface area contributed by atoms with E-state index in [1.165, 1.54) is 29.9 Å². The normalized spacial score (nSPS) is 15.6. The minimum atomic E-state index is -0.695. The summed E-state index contributed by atoms with van der Waals surface area (Å²) in [4.78, 5) is 42.2. The lowest BCUT2D eigenvalue weighted by Crippen LogP contribution is -2.39. The molecule has 1 atom stereocenters. The van der Waals surface area contributed by atoms with Crippen molar-refractivity contribution in [2.75, 3.05) is 7.11 Å². The van der Waals surface area contributed by atoms with Crippen molar-refractivity contribution >= 4 is 41.0 Å². The van der Waals surface area contributed by atoms with E-state index in [9.17, 15) is 14.4 Å². The molecule has 0 fully saturated rings. The average Bonchev–Trinajstić information content (AvgIpc) is 3.08. The van der Waals surface area contributed by atoms with E-state index in [0.717, 1.165) is 5.56 Å². The van der Waals surface area contributed by atoms with Gasteiger partial charge in [-0.25, -0.2) is 9.79 Å². The molecule has 0 aliphatic carbocycles. The van der Waals surface area contributed by atoms with Crippen molar-refractivity contribution in [1.82, 2.24) is 4.57 Å². The van der Waals surface area contributed by atoms with Gasteiger partial charge in [-0.15, -0.1) is 0 Å². The van der Waals surface area contributed by atoms with Gasteiger partial charge in [-0.2, -0.15) is 0 Å². The molecule has 0 N–H and O–H groups in total. The summed E-state index contributed by atoms with van der Waals surface area (Å²) in [5, 5.41) is 0.545. The number of esters is 2. The number of allylic oxidation sites excluding steroid dienone is 1. The van der Waals surface area contributed by atoms with E-state index in [4.69, 9.17) is 21.1 Å².